The molecule has 1 aromatic rings. The molecule has 0 heterocycles. The van der Waals surface area contributed by atoms with Crippen molar-refractivity contribution in [2.45, 2.75) is 25.4 Å². The van der Waals surface area contributed by atoms with Crippen LogP contribution in [0.4, 0.5) is 0 Å². The van der Waals surface area contributed by atoms with Crippen molar-refractivity contribution < 1.29 is 0 Å². The molecule has 0 aliphatic carbocycles. The molecular weight excluding hydrogens is 219 g/mol. The van der Waals surface area contributed by atoms with E-state index >= 15 is 0 Å². The fourth-order valence-corrected chi connectivity index (χ4v) is 2.44. The summed E-state index contributed by atoms with van der Waals surface area (Å²) >= 11 is 12.5. The van der Waals surface area contributed by atoms with Crippen LogP contribution >= 0.6 is 22.2 Å². The summed E-state index contributed by atoms with van der Waals surface area (Å²) < 4.78 is 0. The van der Waals surface area contributed by atoms with Gasteiger partial charge in [-0.2, -0.15) is 0 Å². The molecule has 72 valence electrons. The van der Waals surface area contributed by atoms with Gasteiger partial charge in [0.1, 0.15) is 0 Å². The van der Waals surface area contributed by atoms with Gasteiger partial charge in [0.15, 0.2) is 0 Å². The minimum Gasteiger partial charge on any atom is -0.145 e. The Hall–Kier alpha value is 0.0169. The average Bonchev–Trinajstić information content (AvgIpc) is 2.04. The van der Waals surface area contributed by atoms with Crippen LogP contribution < -0.4 is 0 Å². The maximum absolute atomic E-state index is 6.26. The molecule has 13 heavy (non-hydrogen) atoms. The van der Waals surface area contributed by atoms with Crippen LogP contribution in [-0.4, -0.2) is 6.69 Å². The van der Waals surface area contributed by atoms with Gasteiger partial charge >= 0.3 is 0 Å². The van der Waals surface area contributed by atoms with Gasteiger partial charge in [-0.15, -0.1) is 22.2 Å². The van der Waals surface area contributed by atoms with Gasteiger partial charge < -0.3 is 0 Å². The fraction of sp³-hybridized carbons (Fsp3) is 0.400. The summed E-state index contributed by atoms with van der Waals surface area (Å²) in [5, 5.41) is -0.0998. The molecular formula is C10H14Cl2Si. The van der Waals surface area contributed by atoms with Crippen molar-refractivity contribution in [3.05, 3.63) is 35.9 Å². The van der Waals surface area contributed by atoms with E-state index in [0.29, 0.717) is 0 Å². The van der Waals surface area contributed by atoms with Crippen LogP contribution in [0.15, 0.2) is 30.3 Å². The third kappa shape index (κ3) is 2.28. The van der Waals surface area contributed by atoms with E-state index in [4.69, 9.17) is 22.2 Å². The highest BCUT2D eigenvalue weighted by molar-refractivity contribution is 7.45. The molecule has 0 unspecified atom stereocenters. The monoisotopic (exact) mass is 232 g/mol. The molecule has 0 spiro atoms. The SMILES string of the molecule is CC(C)(c1ccccc1)[Si](C)(Cl)Cl. The summed E-state index contributed by atoms with van der Waals surface area (Å²) in [5.74, 6) is 0. The first kappa shape index (κ1) is 11.1. The highest BCUT2D eigenvalue weighted by atomic mass is 35.7. The smallest absolute Gasteiger partial charge is 0.145 e. The van der Waals surface area contributed by atoms with E-state index in [1.54, 1.807) is 0 Å². The van der Waals surface area contributed by atoms with Crippen LogP contribution in [0.2, 0.25) is 6.55 Å². The number of hydrogen-bond donors (Lipinski definition) is 0. The van der Waals surface area contributed by atoms with Crippen molar-refractivity contribution >= 4 is 28.9 Å². The first-order valence-corrected chi connectivity index (χ1v) is 8.81. The molecule has 0 fully saturated rings. The second kappa shape index (κ2) is 3.64. The molecule has 0 nitrogen and oxygen atoms in total. The Balaban J connectivity index is 3.08. The van der Waals surface area contributed by atoms with E-state index in [0.717, 1.165) is 0 Å². The summed E-state index contributed by atoms with van der Waals surface area (Å²) in [6.45, 7) is 3.99. The molecule has 1 rings (SSSR count). The molecule has 1 aromatic carbocycles. The van der Waals surface area contributed by atoms with Gasteiger partial charge in [-0.05, 0) is 12.1 Å². The van der Waals surface area contributed by atoms with Gasteiger partial charge in [-0.1, -0.05) is 44.2 Å². The van der Waals surface area contributed by atoms with Gasteiger partial charge in [0.2, 0.25) is 0 Å². The second-order valence-corrected chi connectivity index (χ2v) is 12.0. The zero-order valence-electron chi connectivity index (χ0n) is 8.14. The Labute approximate surface area is 90.3 Å². The number of halogens is 2. The third-order valence-electron chi connectivity index (χ3n) is 2.59. The lowest BCUT2D eigenvalue weighted by Gasteiger charge is -2.32. The Morgan fingerprint density at radius 3 is 1.92 bits per heavy atom. The lowest BCUT2D eigenvalue weighted by Crippen LogP contribution is -2.40. The average molecular weight is 233 g/mol. The summed E-state index contributed by atoms with van der Waals surface area (Å²) in [4.78, 5) is 0. The summed E-state index contributed by atoms with van der Waals surface area (Å²) in [7, 11) is 0. The number of benzene rings is 1. The van der Waals surface area contributed by atoms with Crippen molar-refractivity contribution in [1.29, 1.82) is 0 Å². The highest BCUT2D eigenvalue weighted by Gasteiger charge is 2.42. The molecule has 0 N–H and O–H groups in total. The zero-order valence-corrected chi connectivity index (χ0v) is 10.7. The number of rotatable bonds is 2. The van der Waals surface area contributed by atoms with Gasteiger partial charge in [0.05, 0.1) is 0 Å². The van der Waals surface area contributed by atoms with Crippen LogP contribution in [0.3, 0.4) is 0 Å². The van der Waals surface area contributed by atoms with E-state index in [1.807, 2.05) is 24.7 Å². The Morgan fingerprint density at radius 2 is 1.54 bits per heavy atom. The minimum absolute atomic E-state index is 0.0998. The van der Waals surface area contributed by atoms with Crippen molar-refractivity contribution in [2.24, 2.45) is 0 Å². The molecule has 0 amide bonds. The number of hydrogen-bond acceptors (Lipinski definition) is 0. The predicted molar refractivity (Wildman–Crippen MR) is 62.8 cm³/mol. The van der Waals surface area contributed by atoms with E-state index < -0.39 is 6.69 Å². The summed E-state index contributed by atoms with van der Waals surface area (Å²) in [6, 6.07) is 10.2. The maximum Gasteiger partial charge on any atom is 0.258 e. The largest absolute Gasteiger partial charge is 0.258 e. The first-order valence-electron chi connectivity index (χ1n) is 4.29. The van der Waals surface area contributed by atoms with E-state index in [2.05, 4.69) is 26.0 Å². The van der Waals surface area contributed by atoms with Crippen molar-refractivity contribution in [3.8, 4) is 0 Å². The zero-order chi connectivity index (χ0) is 10.1. The first-order chi connectivity index (χ1) is 5.86. The molecule has 0 radical (unpaired) electrons. The Bertz CT molecular complexity index is 275. The molecule has 0 aromatic heterocycles. The molecule has 3 heteroatoms. The van der Waals surface area contributed by atoms with Crippen LogP contribution in [0.5, 0.6) is 0 Å². The van der Waals surface area contributed by atoms with Gasteiger partial charge in [0, 0.05) is 5.04 Å². The van der Waals surface area contributed by atoms with Crippen LogP contribution in [0.25, 0.3) is 0 Å². The van der Waals surface area contributed by atoms with Gasteiger partial charge in [-0.3, -0.25) is 0 Å². The summed E-state index contributed by atoms with van der Waals surface area (Å²) in [6.07, 6.45) is 0. The Morgan fingerprint density at radius 1 is 1.08 bits per heavy atom. The van der Waals surface area contributed by atoms with Crippen LogP contribution in [0.1, 0.15) is 19.4 Å². The van der Waals surface area contributed by atoms with E-state index in [9.17, 15) is 0 Å². The topological polar surface area (TPSA) is 0 Å². The third-order valence-corrected chi connectivity index (χ3v) is 7.91. The van der Waals surface area contributed by atoms with Gasteiger partial charge in [-0.25, -0.2) is 0 Å². The minimum atomic E-state index is -2.18. The molecule has 0 aliphatic rings. The molecule has 0 atom stereocenters. The Kier molecular flexibility index (Phi) is 3.11. The predicted octanol–water partition coefficient (Wildman–Crippen LogP) is 4.05. The molecule has 0 saturated carbocycles. The summed E-state index contributed by atoms with van der Waals surface area (Å²) in [5.41, 5.74) is 1.22. The van der Waals surface area contributed by atoms with Crippen molar-refractivity contribution in [1.82, 2.24) is 0 Å². The lowest BCUT2D eigenvalue weighted by molar-refractivity contribution is 0.742. The standard InChI is InChI=1S/C10H14Cl2Si/c1-10(2,13(3,11)12)9-7-5-4-6-8-9/h4-8H,1-3H3. The van der Waals surface area contributed by atoms with Gasteiger partial charge in [0.25, 0.3) is 6.69 Å². The highest BCUT2D eigenvalue weighted by Crippen LogP contribution is 2.38. The molecule has 0 bridgehead atoms. The lowest BCUT2D eigenvalue weighted by atomic mass is 10.0. The molecule has 0 aliphatic heterocycles. The quantitative estimate of drug-likeness (QED) is 0.534. The maximum atomic E-state index is 6.26. The second-order valence-electron chi connectivity index (χ2n) is 3.88. The van der Waals surface area contributed by atoms with Crippen LogP contribution in [0, 0.1) is 0 Å². The van der Waals surface area contributed by atoms with E-state index in [1.165, 1.54) is 5.56 Å². The van der Waals surface area contributed by atoms with E-state index in [-0.39, 0.29) is 5.04 Å². The fourth-order valence-electron chi connectivity index (χ4n) is 1.11. The van der Waals surface area contributed by atoms with Crippen molar-refractivity contribution in [2.75, 3.05) is 0 Å². The van der Waals surface area contributed by atoms with Crippen LogP contribution in [-0.2, 0) is 5.04 Å². The van der Waals surface area contributed by atoms with Crippen molar-refractivity contribution in [3.63, 3.8) is 0 Å². The molecule has 0 saturated heterocycles. The normalized spacial score (nSPS) is 13.0.